The lowest BCUT2D eigenvalue weighted by atomic mass is 10.1. The topological polar surface area (TPSA) is 59.8 Å². The molecule has 0 aliphatic rings. The Balaban J connectivity index is 1.74. The standard InChI is InChI=1S/C23H20N4O/c1-16-8-9-20(17(2)14-16)25-23(28)21-15-22(18-10-12-24-13-11-18)27(26-21)19-6-4-3-5-7-19/h3-15H,1-2H3,(H,25,28). The number of aryl methyl sites for hydroxylation is 2. The van der Waals surface area contributed by atoms with Crippen molar-refractivity contribution in [3.63, 3.8) is 0 Å². The fraction of sp³-hybridized carbons (Fsp3) is 0.0870. The SMILES string of the molecule is Cc1ccc(NC(=O)c2cc(-c3ccncc3)n(-c3ccccc3)n2)c(C)c1. The van der Waals surface area contributed by atoms with Crippen molar-refractivity contribution in [2.75, 3.05) is 5.32 Å². The van der Waals surface area contributed by atoms with E-state index in [0.717, 1.165) is 33.8 Å². The lowest BCUT2D eigenvalue weighted by Gasteiger charge is -2.08. The third-order valence-corrected chi connectivity index (χ3v) is 4.55. The molecule has 138 valence electrons. The normalized spacial score (nSPS) is 10.6. The van der Waals surface area contributed by atoms with Crippen LogP contribution in [0.3, 0.4) is 0 Å². The Morgan fingerprint density at radius 1 is 0.929 bits per heavy atom. The maximum atomic E-state index is 12.9. The third-order valence-electron chi connectivity index (χ3n) is 4.55. The Hall–Kier alpha value is -3.73. The van der Waals surface area contributed by atoms with Gasteiger partial charge < -0.3 is 5.32 Å². The molecule has 28 heavy (non-hydrogen) atoms. The van der Waals surface area contributed by atoms with Crippen LogP contribution in [0.15, 0.2) is 79.1 Å². The van der Waals surface area contributed by atoms with Gasteiger partial charge in [0.2, 0.25) is 0 Å². The van der Waals surface area contributed by atoms with Gasteiger partial charge in [-0.05, 0) is 55.8 Å². The maximum Gasteiger partial charge on any atom is 0.276 e. The maximum absolute atomic E-state index is 12.9. The fourth-order valence-electron chi connectivity index (χ4n) is 3.13. The Morgan fingerprint density at radius 3 is 2.39 bits per heavy atom. The van der Waals surface area contributed by atoms with E-state index in [1.165, 1.54) is 0 Å². The monoisotopic (exact) mass is 368 g/mol. The van der Waals surface area contributed by atoms with Crippen LogP contribution in [0.4, 0.5) is 5.69 Å². The minimum Gasteiger partial charge on any atom is -0.320 e. The number of pyridine rings is 1. The first-order valence-corrected chi connectivity index (χ1v) is 9.06. The molecule has 2 aromatic carbocycles. The highest BCUT2D eigenvalue weighted by molar-refractivity contribution is 6.04. The smallest absolute Gasteiger partial charge is 0.276 e. The molecule has 0 fully saturated rings. The van der Waals surface area contributed by atoms with E-state index in [0.29, 0.717) is 5.69 Å². The van der Waals surface area contributed by atoms with Crippen LogP contribution in [0.25, 0.3) is 16.9 Å². The lowest BCUT2D eigenvalue weighted by molar-refractivity contribution is 0.102. The zero-order chi connectivity index (χ0) is 19.5. The number of hydrogen-bond acceptors (Lipinski definition) is 3. The molecule has 0 unspecified atom stereocenters. The highest BCUT2D eigenvalue weighted by atomic mass is 16.2. The second-order valence-corrected chi connectivity index (χ2v) is 6.67. The molecule has 1 amide bonds. The summed E-state index contributed by atoms with van der Waals surface area (Å²) in [5, 5.41) is 7.55. The van der Waals surface area contributed by atoms with Crippen molar-refractivity contribution < 1.29 is 4.79 Å². The van der Waals surface area contributed by atoms with Gasteiger partial charge in [-0.25, -0.2) is 4.68 Å². The first kappa shape index (κ1) is 17.7. The van der Waals surface area contributed by atoms with Crippen LogP contribution in [0.1, 0.15) is 21.6 Å². The van der Waals surface area contributed by atoms with Crippen LogP contribution in [0, 0.1) is 13.8 Å². The summed E-state index contributed by atoms with van der Waals surface area (Å²) < 4.78 is 1.78. The average molecular weight is 368 g/mol. The van der Waals surface area contributed by atoms with Gasteiger partial charge in [-0.3, -0.25) is 9.78 Å². The number of amides is 1. The molecular weight excluding hydrogens is 348 g/mol. The first-order valence-electron chi connectivity index (χ1n) is 9.06. The molecule has 0 aliphatic carbocycles. The number of hydrogen-bond donors (Lipinski definition) is 1. The molecule has 0 radical (unpaired) electrons. The molecular formula is C23H20N4O. The number of carbonyl (C=O) groups is 1. The van der Waals surface area contributed by atoms with Crippen molar-refractivity contribution in [1.29, 1.82) is 0 Å². The zero-order valence-electron chi connectivity index (χ0n) is 15.8. The summed E-state index contributed by atoms with van der Waals surface area (Å²) >= 11 is 0. The van der Waals surface area contributed by atoms with Crippen molar-refractivity contribution in [2.45, 2.75) is 13.8 Å². The minimum atomic E-state index is -0.239. The molecule has 0 bridgehead atoms. The minimum absolute atomic E-state index is 0.239. The zero-order valence-corrected chi connectivity index (χ0v) is 15.8. The van der Waals surface area contributed by atoms with Crippen LogP contribution >= 0.6 is 0 Å². The van der Waals surface area contributed by atoms with Crippen LogP contribution in [-0.4, -0.2) is 20.7 Å². The summed E-state index contributed by atoms with van der Waals surface area (Å²) in [6.07, 6.45) is 3.46. The summed E-state index contributed by atoms with van der Waals surface area (Å²) in [6, 6.07) is 21.3. The molecule has 0 saturated heterocycles. The van der Waals surface area contributed by atoms with E-state index in [9.17, 15) is 4.79 Å². The van der Waals surface area contributed by atoms with Gasteiger partial charge in [0.05, 0.1) is 11.4 Å². The van der Waals surface area contributed by atoms with Crippen molar-refractivity contribution >= 4 is 11.6 Å². The molecule has 0 saturated carbocycles. The summed E-state index contributed by atoms with van der Waals surface area (Å²) in [7, 11) is 0. The van der Waals surface area contributed by atoms with Gasteiger partial charge in [0.25, 0.3) is 5.91 Å². The Morgan fingerprint density at radius 2 is 1.68 bits per heavy atom. The van der Waals surface area contributed by atoms with Gasteiger partial charge >= 0.3 is 0 Å². The van der Waals surface area contributed by atoms with E-state index in [1.807, 2.05) is 74.5 Å². The molecule has 5 nitrogen and oxygen atoms in total. The van der Waals surface area contributed by atoms with Crippen LogP contribution in [-0.2, 0) is 0 Å². The Bertz CT molecular complexity index is 1060. The number of nitrogens with zero attached hydrogens (tertiary/aromatic N) is 3. The highest BCUT2D eigenvalue weighted by Gasteiger charge is 2.17. The first-order chi connectivity index (χ1) is 13.6. The summed E-state index contributed by atoms with van der Waals surface area (Å²) in [5.74, 6) is -0.239. The number of benzene rings is 2. The summed E-state index contributed by atoms with van der Waals surface area (Å²) in [4.78, 5) is 17.0. The fourth-order valence-corrected chi connectivity index (χ4v) is 3.13. The van der Waals surface area contributed by atoms with Crippen LogP contribution < -0.4 is 5.32 Å². The van der Waals surface area contributed by atoms with Crippen molar-refractivity contribution in [2.24, 2.45) is 0 Å². The molecule has 4 aromatic rings. The largest absolute Gasteiger partial charge is 0.320 e. The van der Waals surface area contributed by atoms with Crippen molar-refractivity contribution in [3.05, 3.63) is 95.9 Å². The number of anilines is 1. The molecule has 0 spiro atoms. The van der Waals surface area contributed by atoms with Gasteiger partial charge in [-0.2, -0.15) is 5.10 Å². The molecule has 1 N–H and O–H groups in total. The molecule has 2 heterocycles. The van der Waals surface area contributed by atoms with Gasteiger partial charge in [0, 0.05) is 23.6 Å². The van der Waals surface area contributed by atoms with Gasteiger partial charge in [0.15, 0.2) is 5.69 Å². The summed E-state index contributed by atoms with van der Waals surface area (Å²) in [6.45, 7) is 4.01. The van der Waals surface area contributed by atoms with E-state index in [-0.39, 0.29) is 5.91 Å². The van der Waals surface area contributed by atoms with E-state index in [1.54, 1.807) is 23.1 Å². The van der Waals surface area contributed by atoms with Gasteiger partial charge in [-0.1, -0.05) is 35.9 Å². The predicted molar refractivity (Wildman–Crippen MR) is 111 cm³/mol. The molecule has 4 rings (SSSR count). The van der Waals surface area contributed by atoms with Gasteiger partial charge in [-0.15, -0.1) is 0 Å². The second-order valence-electron chi connectivity index (χ2n) is 6.67. The Kier molecular flexibility index (Phi) is 4.72. The Labute approximate surface area is 163 Å². The summed E-state index contributed by atoms with van der Waals surface area (Å²) in [5.41, 5.74) is 5.98. The lowest BCUT2D eigenvalue weighted by Crippen LogP contribution is -2.14. The molecule has 2 aromatic heterocycles. The number of carbonyl (C=O) groups excluding carboxylic acids is 1. The molecule has 0 atom stereocenters. The van der Waals surface area contributed by atoms with E-state index in [4.69, 9.17) is 0 Å². The van der Waals surface area contributed by atoms with E-state index < -0.39 is 0 Å². The number of aromatic nitrogens is 3. The predicted octanol–water partition coefficient (Wildman–Crippen LogP) is 4.80. The third kappa shape index (κ3) is 3.55. The van der Waals surface area contributed by atoms with Crippen molar-refractivity contribution in [1.82, 2.24) is 14.8 Å². The van der Waals surface area contributed by atoms with Crippen LogP contribution in [0.2, 0.25) is 0 Å². The molecule has 0 aliphatic heterocycles. The average Bonchev–Trinajstić information content (AvgIpc) is 3.17. The van der Waals surface area contributed by atoms with Crippen molar-refractivity contribution in [3.8, 4) is 16.9 Å². The van der Waals surface area contributed by atoms with E-state index >= 15 is 0 Å². The van der Waals surface area contributed by atoms with Gasteiger partial charge in [0.1, 0.15) is 0 Å². The number of para-hydroxylation sites is 1. The van der Waals surface area contributed by atoms with E-state index in [2.05, 4.69) is 15.4 Å². The number of nitrogens with one attached hydrogen (secondary N) is 1. The highest BCUT2D eigenvalue weighted by Crippen LogP contribution is 2.24. The molecule has 5 heteroatoms. The second kappa shape index (κ2) is 7.48. The number of rotatable bonds is 4. The quantitative estimate of drug-likeness (QED) is 0.563. The van der Waals surface area contributed by atoms with Crippen LogP contribution in [0.5, 0.6) is 0 Å².